The first-order chi connectivity index (χ1) is 13.6. The predicted molar refractivity (Wildman–Crippen MR) is 99.4 cm³/mol. The number of nitrogens with one attached hydrogen (secondary N) is 2. The third-order valence-corrected chi connectivity index (χ3v) is 6.00. The zero-order valence-corrected chi connectivity index (χ0v) is 15.5. The standard InChI is InChI=1S/C20H22N4O4/c25-17-2-1-15(19(26)23-17)24-10-12-8-14-16(9-13(12)20(24)27)28-18(22-14)7-11-3-5-21-6-4-11/h8-9,11,15,21H,1-7,10H2,(H,23,25,26). The lowest BCUT2D eigenvalue weighted by atomic mass is 9.95. The Bertz CT molecular complexity index is 976. The van der Waals surface area contributed by atoms with Gasteiger partial charge in [0.1, 0.15) is 11.6 Å². The number of aromatic nitrogens is 1. The predicted octanol–water partition coefficient (Wildman–Crippen LogP) is 1.13. The van der Waals surface area contributed by atoms with Gasteiger partial charge in [-0.05, 0) is 56.0 Å². The van der Waals surface area contributed by atoms with Crippen LogP contribution in [0.15, 0.2) is 16.5 Å². The van der Waals surface area contributed by atoms with E-state index in [2.05, 4.69) is 15.6 Å². The Hall–Kier alpha value is -2.74. The second-order valence-electron chi connectivity index (χ2n) is 7.88. The van der Waals surface area contributed by atoms with Gasteiger partial charge in [0.15, 0.2) is 11.5 Å². The topological polar surface area (TPSA) is 105 Å². The summed E-state index contributed by atoms with van der Waals surface area (Å²) in [5.41, 5.74) is 2.77. The molecule has 0 aliphatic carbocycles. The molecule has 2 N–H and O–H groups in total. The largest absolute Gasteiger partial charge is 0.441 e. The molecule has 8 nitrogen and oxygen atoms in total. The first kappa shape index (κ1) is 17.4. The smallest absolute Gasteiger partial charge is 0.255 e. The molecule has 2 aromatic rings. The number of carbonyl (C=O) groups excluding carboxylic acids is 3. The molecule has 1 aromatic carbocycles. The van der Waals surface area contributed by atoms with E-state index in [0.29, 0.717) is 30.0 Å². The SMILES string of the molecule is O=C1CCC(N2Cc3cc4nc(CC5CCNCC5)oc4cc3C2=O)C(=O)N1. The summed E-state index contributed by atoms with van der Waals surface area (Å²) in [7, 11) is 0. The lowest BCUT2D eigenvalue weighted by Crippen LogP contribution is -2.52. The number of benzene rings is 1. The van der Waals surface area contributed by atoms with E-state index >= 15 is 0 Å². The van der Waals surface area contributed by atoms with Gasteiger partial charge in [0.05, 0.1) is 0 Å². The molecule has 146 valence electrons. The number of imide groups is 1. The van der Waals surface area contributed by atoms with Crippen molar-refractivity contribution < 1.29 is 18.8 Å². The average Bonchev–Trinajstić information content (AvgIpc) is 3.21. The molecule has 0 spiro atoms. The maximum Gasteiger partial charge on any atom is 0.255 e. The van der Waals surface area contributed by atoms with Crippen LogP contribution in [-0.4, -0.2) is 46.7 Å². The van der Waals surface area contributed by atoms with E-state index in [4.69, 9.17) is 4.42 Å². The minimum absolute atomic E-state index is 0.192. The monoisotopic (exact) mass is 382 g/mol. The van der Waals surface area contributed by atoms with Crippen LogP contribution in [0.5, 0.6) is 0 Å². The van der Waals surface area contributed by atoms with Gasteiger partial charge in [-0.25, -0.2) is 4.98 Å². The van der Waals surface area contributed by atoms with Crippen LogP contribution in [0, 0.1) is 5.92 Å². The zero-order valence-electron chi connectivity index (χ0n) is 15.5. The van der Waals surface area contributed by atoms with Gasteiger partial charge in [0, 0.05) is 24.9 Å². The van der Waals surface area contributed by atoms with E-state index in [9.17, 15) is 14.4 Å². The Balaban J connectivity index is 1.38. The van der Waals surface area contributed by atoms with Crippen LogP contribution in [0.4, 0.5) is 0 Å². The molecule has 8 heteroatoms. The lowest BCUT2D eigenvalue weighted by molar-refractivity contribution is -0.136. The van der Waals surface area contributed by atoms with Gasteiger partial charge in [0.25, 0.3) is 5.91 Å². The fourth-order valence-corrected chi connectivity index (χ4v) is 4.46. The molecule has 5 rings (SSSR count). The van der Waals surface area contributed by atoms with Gasteiger partial charge in [-0.3, -0.25) is 19.7 Å². The van der Waals surface area contributed by atoms with Crippen molar-refractivity contribution in [3.63, 3.8) is 0 Å². The second-order valence-corrected chi connectivity index (χ2v) is 7.88. The van der Waals surface area contributed by atoms with Crippen molar-refractivity contribution in [3.05, 3.63) is 29.2 Å². The van der Waals surface area contributed by atoms with E-state index in [0.717, 1.165) is 49.3 Å². The van der Waals surface area contributed by atoms with Crippen LogP contribution in [-0.2, 0) is 22.6 Å². The van der Waals surface area contributed by atoms with Crippen LogP contribution in [0.3, 0.4) is 0 Å². The molecule has 0 radical (unpaired) electrons. The van der Waals surface area contributed by atoms with Crippen molar-refractivity contribution in [1.29, 1.82) is 0 Å². The molecule has 2 fully saturated rings. The van der Waals surface area contributed by atoms with E-state index in [1.807, 2.05) is 6.07 Å². The molecule has 3 aliphatic rings. The fraction of sp³-hybridized carbons (Fsp3) is 0.500. The quantitative estimate of drug-likeness (QED) is 0.771. The highest BCUT2D eigenvalue weighted by atomic mass is 16.3. The van der Waals surface area contributed by atoms with Crippen LogP contribution in [0.2, 0.25) is 0 Å². The maximum absolute atomic E-state index is 12.9. The number of fused-ring (bicyclic) bond motifs is 2. The van der Waals surface area contributed by atoms with Crippen LogP contribution < -0.4 is 10.6 Å². The molecule has 0 bridgehead atoms. The normalized spacial score (nSPS) is 23.4. The third kappa shape index (κ3) is 2.97. The molecular weight excluding hydrogens is 360 g/mol. The minimum atomic E-state index is -0.604. The Morgan fingerprint density at radius 3 is 2.75 bits per heavy atom. The highest BCUT2D eigenvalue weighted by Gasteiger charge is 2.39. The summed E-state index contributed by atoms with van der Waals surface area (Å²) in [6.07, 6.45) is 3.67. The highest BCUT2D eigenvalue weighted by Crippen LogP contribution is 2.31. The van der Waals surface area contributed by atoms with E-state index in [1.54, 1.807) is 11.0 Å². The molecular formula is C20H22N4O4. The van der Waals surface area contributed by atoms with Crippen molar-refractivity contribution in [2.45, 2.75) is 44.7 Å². The number of oxazole rings is 1. The number of rotatable bonds is 3. The Morgan fingerprint density at radius 1 is 1.14 bits per heavy atom. The summed E-state index contributed by atoms with van der Waals surface area (Å²) >= 11 is 0. The van der Waals surface area contributed by atoms with E-state index in [-0.39, 0.29) is 18.2 Å². The molecule has 3 amide bonds. The number of amides is 3. The Kier molecular flexibility index (Phi) is 4.16. The molecule has 2 saturated heterocycles. The molecule has 1 aromatic heterocycles. The van der Waals surface area contributed by atoms with Gasteiger partial charge in [-0.15, -0.1) is 0 Å². The van der Waals surface area contributed by atoms with Crippen molar-refractivity contribution in [2.24, 2.45) is 5.92 Å². The highest BCUT2D eigenvalue weighted by molar-refractivity contribution is 6.06. The van der Waals surface area contributed by atoms with E-state index in [1.165, 1.54) is 0 Å². The lowest BCUT2D eigenvalue weighted by Gasteiger charge is -2.29. The molecule has 1 unspecified atom stereocenters. The minimum Gasteiger partial charge on any atom is -0.441 e. The molecule has 1 atom stereocenters. The summed E-state index contributed by atoms with van der Waals surface area (Å²) in [6, 6.07) is 3.04. The Morgan fingerprint density at radius 2 is 1.96 bits per heavy atom. The van der Waals surface area contributed by atoms with Crippen LogP contribution in [0.1, 0.15) is 47.5 Å². The molecule has 3 aliphatic heterocycles. The summed E-state index contributed by atoms with van der Waals surface area (Å²) in [4.78, 5) is 42.6. The summed E-state index contributed by atoms with van der Waals surface area (Å²) in [5.74, 6) is 0.422. The number of hydrogen-bond donors (Lipinski definition) is 2. The third-order valence-electron chi connectivity index (χ3n) is 6.00. The number of piperidine rings is 2. The summed E-state index contributed by atoms with van der Waals surface area (Å²) in [6.45, 7) is 2.42. The van der Waals surface area contributed by atoms with Crippen molar-refractivity contribution in [1.82, 2.24) is 20.5 Å². The van der Waals surface area contributed by atoms with Crippen molar-refractivity contribution >= 4 is 28.8 Å². The van der Waals surface area contributed by atoms with Gasteiger partial charge in [-0.1, -0.05) is 0 Å². The molecule has 4 heterocycles. The van der Waals surface area contributed by atoms with Crippen molar-refractivity contribution in [2.75, 3.05) is 13.1 Å². The fourth-order valence-electron chi connectivity index (χ4n) is 4.46. The van der Waals surface area contributed by atoms with Crippen LogP contribution in [0.25, 0.3) is 11.1 Å². The number of nitrogens with zero attached hydrogens (tertiary/aromatic N) is 2. The molecule has 28 heavy (non-hydrogen) atoms. The van der Waals surface area contributed by atoms with Gasteiger partial charge in [-0.2, -0.15) is 0 Å². The second kappa shape index (κ2) is 6.70. The maximum atomic E-state index is 12.9. The Labute approximate surface area is 161 Å². The number of hydrogen-bond acceptors (Lipinski definition) is 6. The first-order valence-corrected chi connectivity index (χ1v) is 9.86. The summed E-state index contributed by atoms with van der Waals surface area (Å²) in [5, 5.41) is 5.68. The van der Waals surface area contributed by atoms with Crippen molar-refractivity contribution in [3.8, 4) is 0 Å². The summed E-state index contributed by atoms with van der Waals surface area (Å²) < 4.78 is 5.93. The van der Waals surface area contributed by atoms with E-state index < -0.39 is 11.9 Å². The van der Waals surface area contributed by atoms with Gasteiger partial charge >= 0.3 is 0 Å². The first-order valence-electron chi connectivity index (χ1n) is 9.86. The van der Waals surface area contributed by atoms with Crippen LogP contribution >= 0.6 is 0 Å². The average molecular weight is 382 g/mol. The van der Waals surface area contributed by atoms with Gasteiger partial charge in [0.2, 0.25) is 11.8 Å². The zero-order chi connectivity index (χ0) is 19.3. The van der Waals surface area contributed by atoms with Gasteiger partial charge < -0.3 is 14.6 Å². The number of carbonyl (C=O) groups is 3. The molecule has 0 saturated carbocycles.